The Hall–Kier alpha value is -0.540. The zero-order chi connectivity index (χ0) is 9.40. The summed E-state index contributed by atoms with van der Waals surface area (Å²) in [5.41, 5.74) is 0. The lowest BCUT2D eigenvalue weighted by atomic mass is 10.6. The standard InChI is InChI=1S/C7H10Cl2N2O/c1-3-12-7(11-5-8)6(9)4-10-2/h4H,2-3,5H2,1H3/b6-4+,11-7?. The molecule has 0 bridgehead atoms. The van der Waals surface area contributed by atoms with E-state index < -0.39 is 0 Å². The predicted molar refractivity (Wildman–Crippen MR) is 53.3 cm³/mol. The average Bonchev–Trinajstić information content (AvgIpc) is 2.04. The van der Waals surface area contributed by atoms with Crippen LogP contribution in [0.4, 0.5) is 0 Å². The van der Waals surface area contributed by atoms with Gasteiger partial charge in [-0.3, -0.25) is 4.99 Å². The molecular formula is C7H10Cl2N2O. The molecule has 0 rings (SSSR count). The van der Waals surface area contributed by atoms with E-state index in [9.17, 15) is 0 Å². The molecule has 0 radical (unpaired) electrons. The first-order chi connectivity index (χ1) is 5.76. The monoisotopic (exact) mass is 208 g/mol. The highest BCUT2D eigenvalue weighted by Gasteiger charge is 2.03. The molecule has 0 aromatic carbocycles. The van der Waals surface area contributed by atoms with Gasteiger partial charge in [0.25, 0.3) is 0 Å². The summed E-state index contributed by atoms with van der Waals surface area (Å²) in [4.78, 5) is 7.28. The number of alkyl halides is 1. The maximum Gasteiger partial charge on any atom is 0.230 e. The number of aliphatic imine (C=N–C) groups is 2. The summed E-state index contributed by atoms with van der Waals surface area (Å²) in [6, 6.07) is 0.108. The van der Waals surface area contributed by atoms with Gasteiger partial charge in [0, 0.05) is 0 Å². The molecule has 0 N–H and O–H groups in total. The Bertz CT molecular complexity index is 202. The molecule has 12 heavy (non-hydrogen) atoms. The highest BCUT2D eigenvalue weighted by molar-refractivity contribution is 6.42. The van der Waals surface area contributed by atoms with Gasteiger partial charge in [-0.05, 0) is 13.6 Å². The molecule has 0 aliphatic heterocycles. The van der Waals surface area contributed by atoms with Crippen molar-refractivity contribution in [3.63, 3.8) is 0 Å². The summed E-state index contributed by atoms with van der Waals surface area (Å²) in [5, 5.41) is 0.299. The minimum atomic E-state index is 0.108. The maximum atomic E-state index is 5.72. The van der Waals surface area contributed by atoms with Gasteiger partial charge < -0.3 is 4.74 Å². The fraction of sp³-hybridized carbons (Fsp3) is 0.429. The van der Waals surface area contributed by atoms with Crippen molar-refractivity contribution in [3.8, 4) is 0 Å². The topological polar surface area (TPSA) is 34.0 Å². The Labute approximate surface area is 81.8 Å². The fourth-order valence-electron chi connectivity index (χ4n) is 0.516. The molecule has 0 spiro atoms. The van der Waals surface area contributed by atoms with Gasteiger partial charge >= 0.3 is 0 Å². The largest absolute Gasteiger partial charge is 0.477 e. The third-order valence-electron chi connectivity index (χ3n) is 0.893. The molecule has 0 aromatic rings. The summed E-state index contributed by atoms with van der Waals surface area (Å²) < 4.78 is 5.07. The normalized spacial score (nSPS) is 12.9. The Morgan fingerprint density at radius 2 is 2.33 bits per heavy atom. The van der Waals surface area contributed by atoms with Crippen molar-refractivity contribution in [2.24, 2.45) is 9.98 Å². The number of ether oxygens (including phenoxy) is 1. The summed E-state index contributed by atoms with van der Waals surface area (Å²) >= 11 is 11.1. The van der Waals surface area contributed by atoms with Crippen molar-refractivity contribution in [1.29, 1.82) is 0 Å². The lowest BCUT2D eigenvalue weighted by molar-refractivity contribution is 0.328. The number of hydrogen-bond donors (Lipinski definition) is 0. The van der Waals surface area contributed by atoms with E-state index >= 15 is 0 Å². The summed E-state index contributed by atoms with van der Waals surface area (Å²) in [6.45, 7) is 5.56. The van der Waals surface area contributed by atoms with Gasteiger partial charge in [-0.1, -0.05) is 11.6 Å². The van der Waals surface area contributed by atoms with Crippen molar-refractivity contribution in [2.45, 2.75) is 6.92 Å². The molecule has 0 amide bonds. The van der Waals surface area contributed by atoms with Gasteiger partial charge in [0.05, 0.1) is 12.8 Å². The first-order valence-corrected chi connectivity index (χ1v) is 4.22. The molecule has 0 fully saturated rings. The number of nitrogens with zero attached hydrogens (tertiary/aromatic N) is 2. The fourth-order valence-corrected chi connectivity index (χ4v) is 0.808. The van der Waals surface area contributed by atoms with Crippen LogP contribution in [0.3, 0.4) is 0 Å². The average molecular weight is 209 g/mol. The van der Waals surface area contributed by atoms with Crippen LogP contribution in [0.15, 0.2) is 21.2 Å². The Morgan fingerprint density at radius 3 is 2.75 bits per heavy atom. The van der Waals surface area contributed by atoms with Crippen molar-refractivity contribution in [2.75, 3.05) is 12.6 Å². The van der Waals surface area contributed by atoms with Gasteiger partial charge in [0.15, 0.2) is 0 Å². The van der Waals surface area contributed by atoms with Crippen LogP contribution in [-0.2, 0) is 4.74 Å². The first-order valence-electron chi connectivity index (χ1n) is 3.31. The SMILES string of the molecule is C=N/C=C(/Cl)C(=NCCl)OCC. The molecule has 0 atom stereocenters. The van der Waals surface area contributed by atoms with E-state index in [1.54, 1.807) is 0 Å². The van der Waals surface area contributed by atoms with Crippen LogP contribution in [0.2, 0.25) is 0 Å². The summed E-state index contributed by atoms with van der Waals surface area (Å²) in [6.07, 6.45) is 1.35. The number of hydrogen-bond acceptors (Lipinski definition) is 3. The van der Waals surface area contributed by atoms with Crippen LogP contribution in [-0.4, -0.2) is 25.2 Å². The van der Waals surface area contributed by atoms with Crippen molar-refractivity contribution in [1.82, 2.24) is 0 Å². The molecule has 0 aliphatic carbocycles. The van der Waals surface area contributed by atoms with Crippen LogP contribution in [0.5, 0.6) is 0 Å². The van der Waals surface area contributed by atoms with Crippen LogP contribution < -0.4 is 0 Å². The van der Waals surface area contributed by atoms with E-state index in [0.29, 0.717) is 17.5 Å². The molecule has 0 saturated carbocycles. The third-order valence-corrected chi connectivity index (χ3v) is 1.27. The van der Waals surface area contributed by atoms with Gasteiger partial charge in [0.1, 0.15) is 11.0 Å². The van der Waals surface area contributed by atoms with E-state index in [1.807, 2.05) is 6.92 Å². The van der Waals surface area contributed by atoms with Crippen LogP contribution in [0.25, 0.3) is 0 Å². The van der Waals surface area contributed by atoms with Crippen LogP contribution >= 0.6 is 23.2 Å². The van der Waals surface area contributed by atoms with Crippen molar-refractivity contribution >= 4 is 35.8 Å². The minimum absolute atomic E-state index is 0.108. The van der Waals surface area contributed by atoms with Crippen LogP contribution in [0.1, 0.15) is 6.92 Å². The number of halogens is 2. The molecule has 0 heterocycles. The molecule has 0 aliphatic rings. The van der Waals surface area contributed by atoms with Crippen molar-refractivity contribution in [3.05, 3.63) is 11.2 Å². The quantitative estimate of drug-likeness (QED) is 0.303. The van der Waals surface area contributed by atoms with E-state index in [0.717, 1.165) is 0 Å². The zero-order valence-electron chi connectivity index (χ0n) is 6.76. The molecule has 5 heteroatoms. The second-order valence-corrected chi connectivity index (χ2v) is 2.32. The van der Waals surface area contributed by atoms with E-state index in [1.165, 1.54) is 6.20 Å². The van der Waals surface area contributed by atoms with E-state index in [2.05, 4.69) is 16.7 Å². The molecular weight excluding hydrogens is 199 g/mol. The molecule has 0 unspecified atom stereocenters. The predicted octanol–water partition coefficient (Wildman–Crippen LogP) is 2.40. The lowest BCUT2D eigenvalue weighted by Gasteiger charge is -2.03. The molecule has 0 saturated heterocycles. The second kappa shape index (κ2) is 7.13. The van der Waals surface area contributed by atoms with Crippen molar-refractivity contribution < 1.29 is 4.74 Å². The molecule has 68 valence electrons. The zero-order valence-corrected chi connectivity index (χ0v) is 8.27. The van der Waals surface area contributed by atoms with E-state index in [-0.39, 0.29) is 6.00 Å². The highest BCUT2D eigenvalue weighted by atomic mass is 35.5. The second-order valence-electron chi connectivity index (χ2n) is 1.68. The minimum Gasteiger partial charge on any atom is -0.477 e. The maximum absolute atomic E-state index is 5.72. The lowest BCUT2D eigenvalue weighted by Crippen LogP contribution is -2.04. The Balaban J connectivity index is 4.39. The van der Waals surface area contributed by atoms with Gasteiger partial charge in [-0.15, -0.1) is 11.6 Å². The smallest absolute Gasteiger partial charge is 0.230 e. The first kappa shape index (κ1) is 11.5. The van der Waals surface area contributed by atoms with Gasteiger partial charge in [-0.25, -0.2) is 4.99 Å². The number of rotatable bonds is 4. The van der Waals surface area contributed by atoms with Gasteiger partial charge in [0.2, 0.25) is 5.90 Å². The van der Waals surface area contributed by atoms with Gasteiger partial charge in [-0.2, -0.15) is 0 Å². The Morgan fingerprint density at radius 1 is 1.67 bits per heavy atom. The molecule has 3 nitrogen and oxygen atoms in total. The highest BCUT2D eigenvalue weighted by Crippen LogP contribution is 2.06. The molecule has 0 aromatic heterocycles. The van der Waals surface area contributed by atoms with Crippen LogP contribution in [0, 0.1) is 0 Å². The Kier molecular flexibility index (Phi) is 6.81. The summed E-state index contributed by atoms with van der Waals surface area (Å²) in [7, 11) is 0. The summed E-state index contributed by atoms with van der Waals surface area (Å²) in [5.74, 6) is 0.293. The third kappa shape index (κ3) is 4.36. The van der Waals surface area contributed by atoms with E-state index in [4.69, 9.17) is 27.9 Å².